The van der Waals surface area contributed by atoms with E-state index in [2.05, 4.69) is 85.4 Å². The first-order chi connectivity index (χ1) is 11.7. The van der Waals surface area contributed by atoms with Gasteiger partial charge in [0.25, 0.3) is 0 Å². The van der Waals surface area contributed by atoms with Crippen LogP contribution in [0.25, 0.3) is 22.5 Å². The van der Waals surface area contributed by atoms with Gasteiger partial charge in [0.1, 0.15) is 0 Å². The van der Waals surface area contributed by atoms with Gasteiger partial charge in [0.2, 0.25) is 0 Å². The third-order valence-corrected chi connectivity index (χ3v) is 6.09. The Morgan fingerprint density at radius 3 is 2.46 bits per heavy atom. The molecular formula is C19H20IN4-. The number of nitrogens with zero attached hydrogens (tertiary/aromatic N) is 4. The van der Waals surface area contributed by atoms with E-state index in [0.717, 1.165) is 12.2 Å². The van der Waals surface area contributed by atoms with Crippen LogP contribution in [0.2, 0.25) is 0 Å². The molecule has 1 aliphatic rings. The first-order valence-electron chi connectivity index (χ1n) is 8.11. The van der Waals surface area contributed by atoms with E-state index in [1.165, 1.54) is 28.1 Å². The Hall–Kier alpha value is -1.89. The number of hydrogen-bond donors (Lipinski definition) is 0. The van der Waals surface area contributed by atoms with Crippen molar-refractivity contribution >= 4 is 5.69 Å². The van der Waals surface area contributed by atoms with Crippen LogP contribution in [-0.4, -0.2) is 24.2 Å². The first kappa shape index (κ1) is 15.6. The molecule has 4 rings (SSSR count). The van der Waals surface area contributed by atoms with Crippen LogP contribution in [0.1, 0.15) is 19.4 Å². The van der Waals surface area contributed by atoms with Crippen LogP contribution < -0.4 is 26.4 Å². The summed E-state index contributed by atoms with van der Waals surface area (Å²) < 4.78 is 2.12. The van der Waals surface area contributed by atoms with Crippen LogP contribution in [0.4, 0.5) is 5.69 Å². The van der Waals surface area contributed by atoms with Gasteiger partial charge in [0, 0.05) is 0 Å². The van der Waals surface area contributed by atoms with Crippen molar-refractivity contribution in [3.8, 4) is 22.5 Å². The van der Waals surface area contributed by atoms with E-state index in [-0.39, 0.29) is 21.5 Å². The molecular weight excluding hydrogens is 411 g/mol. The van der Waals surface area contributed by atoms with Crippen molar-refractivity contribution < 1.29 is 21.5 Å². The molecule has 0 amide bonds. The molecule has 5 heteroatoms. The second-order valence-corrected chi connectivity index (χ2v) is 8.09. The van der Waals surface area contributed by atoms with E-state index in [0.29, 0.717) is 6.04 Å². The van der Waals surface area contributed by atoms with Crippen molar-refractivity contribution in [2.45, 2.75) is 26.4 Å². The number of fused-ring (bicyclic) bond motifs is 5. The van der Waals surface area contributed by atoms with Gasteiger partial charge in [-0.05, 0) is 0 Å². The molecule has 0 radical (unpaired) electrons. The minimum atomic E-state index is -0.214. The molecule has 1 aromatic heterocycles. The second kappa shape index (κ2) is 6.20. The van der Waals surface area contributed by atoms with Crippen molar-refractivity contribution in [2.24, 2.45) is 0 Å². The summed E-state index contributed by atoms with van der Waals surface area (Å²) in [6.07, 6.45) is 0. The van der Waals surface area contributed by atoms with Crippen molar-refractivity contribution in [1.29, 1.82) is 0 Å². The molecule has 0 aliphatic carbocycles. The van der Waals surface area contributed by atoms with E-state index in [1.807, 2.05) is 0 Å². The van der Waals surface area contributed by atoms with Gasteiger partial charge in [-0.25, -0.2) is 0 Å². The predicted molar refractivity (Wildman–Crippen MR) is 93.5 cm³/mol. The summed E-state index contributed by atoms with van der Waals surface area (Å²) in [5.74, 6) is 0. The van der Waals surface area contributed by atoms with Crippen LogP contribution in [0, 0.1) is 0 Å². The Balaban J connectivity index is 2.09. The van der Waals surface area contributed by atoms with E-state index >= 15 is 0 Å². The Morgan fingerprint density at radius 2 is 1.71 bits per heavy atom. The molecule has 0 atom stereocenters. The van der Waals surface area contributed by atoms with Crippen molar-refractivity contribution in [1.82, 2.24) is 13.2 Å². The molecule has 0 spiro atoms. The van der Waals surface area contributed by atoms with Gasteiger partial charge in [-0.3, -0.25) is 0 Å². The molecule has 2 aromatic carbocycles. The summed E-state index contributed by atoms with van der Waals surface area (Å²) in [5, 5.41) is 9.03. The number of alkyl halides is 1. The molecule has 0 unspecified atom stereocenters. The number of rotatable bonds is 2. The Kier molecular flexibility index (Phi) is 4.04. The average molecular weight is 431 g/mol. The summed E-state index contributed by atoms with van der Waals surface area (Å²) in [7, 11) is 0. The van der Waals surface area contributed by atoms with Crippen molar-refractivity contribution in [3.63, 3.8) is 0 Å². The van der Waals surface area contributed by atoms with Gasteiger partial charge >= 0.3 is 153 Å². The molecule has 0 saturated carbocycles. The SMILES string of the molecule is C[I-]n1nnc2c1-c1ccccc1N(C(C)C)Cc1ccccc1-2. The minimum absolute atomic E-state index is 0.214. The van der Waals surface area contributed by atoms with Gasteiger partial charge in [0.05, 0.1) is 0 Å². The number of anilines is 1. The van der Waals surface area contributed by atoms with Gasteiger partial charge < -0.3 is 0 Å². The number of aromatic nitrogens is 3. The zero-order valence-electron chi connectivity index (χ0n) is 14.1. The zero-order chi connectivity index (χ0) is 16.7. The summed E-state index contributed by atoms with van der Waals surface area (Å²) in [6.45, 7) is 5.40. The summed E-state index contributed by atoms with van der Waals surface area (Å²) in [4.78, 5) is 4.70. The topological polar surface area (TPSA) is 34.0 Å². The number of para-hydroxylation sites is 1. The average Bonchev–Trinajstić information content (AvgIpc) is 3.01. The van der Waals surface area contributed by atoms with Gasteiger partial charge in [-0.1, -0.05) is 0 Å². The fraction of sp³-hybridized carbons (Fsp3) is 0.263. The molecule has 3 aromatic rings. The molecule has 0 bridgehead atoms. The van der Waals surface area contributed by atoms with Crippen LogP contribution in [0.3, 0.4) is 0 Å². The molecule has 4 nitrogen and oxygen atoms in total. The van der Waals surface area contributed by atoms with Crippen molar-refractivity contribution in [2.75, 3.05) is 9.83 Å². The normalized spacial score (nSPS) is 13.2. The van der Waals surface area contributed by atoms with Gasteiger partial charge in [-0.15, -0.1) is 0 Å². The third kappa shape index (κ3) is 2.42. The molecule has 0 N–H and O–H groups in total. The van der Waals surface area contributed by atoms with Crippen LogP contribution in [0.15, 0.2) is 48.5 Å². The molecule has 0 saturated heterocycles. The fourth-order valence-electron chi connectivity index (χ4n) is 3.33. The fourth-order valence-corrected chi connectivity index (χ4v) is 4.59. The van der Waals surface area contributed by atoms with E-state index in [9.17, 15) is 0 Å². The summed E-state index contributed by atoms with van der Waals surface area (Å²) >= 11 is -0.214. The standard InChI is InChI=1S/C19H20IN4/c1-13(2)23-12-14-8-4-5-9-15(14)18-19(24(20-3)22-21-18)16-10-6-7-11-17(16)23/h4-11,13H,12H2,1-3H3/q-1. The summed E-state index contributed by atoms with van der Waals surface area (Å²) in [6, 6.07) is 17.7. The maximum atomic E-state index is 4.56. The van der Waals surface area contributed by atoms with E-state index in [4.69, 9.17) is 0 Å². The van der Waals surface area contributed by atoms with Gasteiger partial charge in [0.15, 0.2) is 0 Å². The molecule has 2 heterocycles. The third-order valence-electron chi connectivity index (χ3n) is 4.50. The van der Waals surface area contributed by atoms with Crippen LogP contribution >= 0.6 is 0 Å². The monoisotopic (exact) mass is 431 g/mol. The maximum absolute atomic E-state index is 4.56. The summed E-state index contributed by atoms with van der Waals surface area (Å²) in [5.41, 5.74) is 7.20. The number of hydrogen-bond acceptors (Lipinski definition) is 3. The molecule has 24 heavy (non-hydrogen) atoms. The van der Waals surface area contributed by atoms with Crippen LogP contribution in [-0.2, 0) is 6.54 Å². The number of halogens is 1. The van der Waals surface area contributed by atoms with Crippen LogP contribution in [0.5, 0.6) is 0 Å². The quantitative estimate of drug-likeness (QED) is 0.445. The molecule has 124 valence electrons. The van der Waals surface area contributed by atoms with E-state index in [1.54, 1.807) is 0 Å². The van der Waals surface area contributed by atoms with E-state index < -0.39 is 0 Å². The first-order valence-corrected chi connectivity index (χ1v) is 11.2. The Morgan fingerprint density at radius 1 is 1.00 bits per heavy atom. The predicted octanol–water partition coefficient (Wildman–Crippen LogP) is 0.822. The number of benzene rings is 2. The zero-order valence-corrected chi connectivity index (χ0v) is 16.2. The van der Waals surface area contributed by atoms with Gasteiger partial charge in [-0.2, -0.15) is 0 Å². The molecule has 1 aliphatic heterocycles. The van der Waals surface area contributed by atoms with Crippen molar-refractivity contribution in [3.05, 3.63) is 54.1 Å². The Labute approximate surface area is 153 Å². The second-order valence-electron chi connectivity index (χ2n) is 6.21. The molecule has 0 fully saturated rings. The Bertz CT molecular complexity index is 885.